The fourth-order valence-corrected chi connectivity index (χ4v) is 24.7. The normalized spacial score (nSPS) is 12.0. The lowest BCUT2D eigenvalue weighted by molar-refractivity contribution is 0.668. The molecule has 33 aromatic rings. The van der Waals surface area contributed by atoms with Crippen molar-refractivity contribution in [3.05, 3.63) is 510 Å². The molecule has 0 aliphatic carbocycles. The first kappa shape index (κ1) is 84.6. The third-order valence-corrected chi connectivity index (χ3v) is 31.4. The zero-order valence-electron chi connectivity index (χ0n) is 80.9. The number of hydrogen-bond donors (Lipinski definition) is 0. The Morgan fingerprint density at radius 2 is 0.293 bits per heavy atom. The lowest BCUT2D eigenvalue weighted by atomic mass is 9.85. The number of fused-ring (bicyclic) bond motifs is 27. The Hall–Kier alpha value is -19.9. The van der Waals surface area contributed by atoms with Crippen LogP contribution in [0.5, 0.6) is 0 Å². The van der Waals surface area contributed by atoms with Gasteiger partial charge >= 0.3 is 0 Å². The second-order valence-corrected chi connectivity index (χ2v) is 39.5. The highest BCUT2D eigenvalue weighted by Crippen LogP contribution is 2.54. The third-order valence-electron chi connectivity index (χ3n) is 31.4. The van der Waals surface area contributed by atoms with Crippen LogP contribution in [0.1, 0.15) is 0 Å². The van der Waals surface area contributed by atoms with E-state index in [2.05, 4.69) is 449 Å². The number of furan rings is 6. The van der Waals surface area contributed by atoms with Gasteiger partial charge in [-0.15, -0.1) is 0 Å². The Balaban J connectivity index is 0.000000101. The SMILES string of the molecule is c1ccc2c(-c3c4cccc(-c5ccc6c(c5)oc5ccccc56)c4cc4c(-c5ccc6c(c5)oc5ccccc56)cccc34)cccc2c1.c1ccc2c(-c3c4cccc(-c5ccc6oc7ccccc7c6c5)c4cc4c(-c5ccc6oc7ccccc7c6c5)cccc34)cccc2c1.c1ccc2c(-c3c4cccc(-c5cccc6c5oc5ccccc56)c4cc4c(-c5cccc6c5oc5ccccc56)cccc34)cccc2c1. The fraction of sp³-hybridized carbons (Fsp3) is 0. The molecule has 27 aromatic carbocycles. The van der Waals surface area contributed by atoms with Crippen LogP contribution >= 0.6 is 0 Å². The summed E-state index contributed by atoms with van der Waals surface area (Å²) in [5.41, 5.74) is 32.1. The van der Waals surface area contributed by atoms with Crippen molar-refractivity contribution in [1.29, 1.82) is 0 Å². The molecule has 696 valence electrons. The lowest BCUT2D eigenvalue weighted by Gasteiger charge is -2.18. The van der Waals surface area contributed by atoms with Crippen LogP contribution < -0.4 is 0 Å². The molecular weight excluding hydrogens is 1830 g/mol. The number of para-hydroxylation sites is 8. The van der Waals surface area contributed by atoms with Crippen LogP contribution in [-0.2, 0) is 0 Å². The van der Waals surface area contributed by atoms with E-state index in [1.54, 1.807) is 0 Å². The zero-order valence-corrected chi connectivity index (χ0v) is 80.9. The molecule has 6 nitrogen and oxygen atoms in total. The van der Waals surface area contributed by atoms with Gasteiger partial charge in [-0.1, -0.05) is 406 Å². The lowest BCUT2D eigenvalue weighted by Crippen LogP contribution is -1.91. The highest BCUT2D eigenvalue weighted by Gasteiger charge is 2.27. The summed E-state index contributed by atoms with van der Waals surface area (Å²) in [5.74, 6) is 0. The van der Waals surface area contributed by atoms with E-state index < -0.39 is 0 Å². The van der Waals surface area contributed by atoms with E-state index in [0.717, 1.165) is 165 Å². The van der Waals surface area contributed by atoms with Crippen LogP contribution in [0.15, 0.2) is 536 Å². The Bertz CT molecular complexity index is 11000. The Morgan fingerprint density at radius 3 is 0.620 bits per heavy atom. The second-order valence-electron chi connectivity index (χ2n) is 39.5. The van der Waals surface area contributed by atoms with Crippen molar-refractivity contribution in [2.24, 2.45) is 0 Å². The molecule has 0 spiro atoms. The van der Waals surface area contributed by atoms with Gasteiger partial charge in [0.1, 0.15) is 67.0 Å². The van der Waals surface area contributed by atoms with Crippen molar-refractivity contribution in [2.75, 3.05) is 0 Å². The van der Waals surface area contributed by atoms with Crippen molar-refractivity contribution < 1.29 is 26.5 Å². The molecule has 150 heavy (non-hydrogen) atoms. The maximum atomic E-state index is 6.60. The third kappa shape index (κ3) is 13.4. The molecular formula is C144H84O6. The van der Waals surface area contributed by atoms with Gasteiger partial charge in [0.05, 0.1) is 0 Å². The quantitative estimate of drug-likeness (QED) is 0.134. The average Bonchev–Trinajstić information content (AvgIpc) is 0.997. The summed E-state index contributed by atoms with van der Waals surface area (Å²) < 4.78 is 38.4. The van der Waals surface area contributed by atoms with Crippen LogP contribution in [0.4, 0.5) is 0 Å². The molecule has 0 aliphatic heterocycles. The topological polar surface area (TPSA) is 78.8 Å². The van der Waals surface area contributed by atoms with Crippen molar-refractivity contribution in [1.82, 2.24) is 0 Å². The molecule has 6 heterocycles. The van der Waals surface area contributed by atoms with Gasteiger partial charge in [-0.3, -0.25) is 0 Å². The largest absolute Gasteiger partial charge is 0.456 e. The van der Waals surface area contributed by atoms with E-state index in [-0.39, 0.29) is 0 Å². The van der Waals surface area contributed by atoms with Gasteiger partial charge < -0.3 is 26.5 Å². The van der Waals surface area contributed by atoms with Gasteiger partial charge in [0.25, 0.3) is 0 Å². The Labute approximate surface area is 858 Å². The van der Waals surface area contributed by atoms with E-state index in [9.17, 15) is 0 Å². The molecule has 0 amide bonds. The van der Waals surface area contributed by atoms with Gasteiger partial charge in [0, 0.05) is 75.8 Å². The summed E-state index contributed by atoms with van der Waals surface area (Å²) in [6, 6.07) is 183. The average molecular weight is 1910 g/mol. The smallest absolute Gasteiger partial charge is 0.143 e. The highest BCUT2D eigenvalue weighted by atomic mass is 16.3. The minimum absolute atomic E-state index is 0.899. The van der Waals surface area contributed by atoms with Gasteiger partial charge in [-0.2, -0.15) is 0 Å². The summed E-state index contributed by atoms with van der Waals surface area (Å²) in [5, 5.41) is 35.5. The predicted molar refractivity (Wildman–Crippen MR) is 629 cm³/mol. The number of hydrogen-bond acceptors (Lipinski definition) is 6. The van der Waals surface area contributed by atoms with Crippen molar-refractivity contribution >= 4 is 229 Å². The van der Waals surface area contributed by atoms with Crippen LogP contribution in [0.25, 0.3) is 329 Å². The molecule has 6 heteroatoms. The van der Waals surface area contributed by atoms with Crippen LogP contribution in [-0.4, -0.2) is 0 Å². The molecule has 0 N–H and O–H groups in total. The number of benzene rings is 27. The minimum atomic E-state index is 0.899. The summed E-state index contributed by atoms with van der Waals surface area (Å²) in [4.78, 5) is 0. The maximum Gasteiger partial charge on any atom is 0.143 e. The zero-order chi connectivity index (χ0) is 98.3. The first-order valence-corrected chi connectivity index (χ1v) is 51.3. The monoisotopic (exact) mass is 1910 g/mol. The van der Waals surface area contributed by atoms with Crippen molar-refractivity contribution in [3.63, 3.8) is 0 Å². The fourth-order valence-electron chi connectivity index (χ4n) is 24.7. The predicted octanol–water partition coefficient (Wildman–Crippen LogP) is 41.8. The van der Waals surface area contributed by atoms with Gasteiger partial charge in [0.2, 0.25) is 0 Å². The van der Waals surface area contributed by atoms with E-state index in [0.29, 0.717) is 0 Å². The molecule has 33 rings (SSSR count). The summed E-state index contributed by atoms with van der Waals surface area (Å²) in [6.45, 7) is 0. The molecule has 0 aliphatic rings. The molecule has 0 radical (unpaired) electrons. The molecule has 0 saturated heterocycles. The van der Waals surface area contributed by atoms with Crippen LogP contribution in [0, 0.1) is 0 Å². The summed E-state index contributed by atoms with van der Waals surface area (Å²) >= 11 is 0. The molecule has 0 atom stereocenters. The van der Waals surface area contributed by atoms with Gasteiger partial charge in [-0.05, 0) is 289 Å². The summed E-state index contributed by atoms with van der Waals surface area (Å²) in [6.07, 6.45) is 0. The van der Waals surface area contributed by atoms with E-state index >= 15 is 0 Å². The Kier molecular flexibility index (Phi) is 19.1. The maximum absolute atomic E-state index is 6.60. The van der Waals surface area contributed by atoms with Crippen LogP contribution in [0.3, 0.4) is 0 Å². The Morgan fingerprint density at radius 1 is 0.0933 bits per heavy atom. The molecule has 0 saturated carbocycles. The van der Waals surface area contributed by atoms with E-state index in [4.69, 9.17) is 26.5 Å². The standard InChI is InChI=1S/3C48H28O2/c1-2-14-30-29(12-1)13-7-19-35(30)46-36-20-8-17-31(38-22-10-24-40-33-15-3-5-26-44(33)49-47(38)40)42(36)28-43-32(18-9-21-37(43)46)39-23-11-25-41-34-16-4-6-27-45(34)50-48(39)41;1-2-12-32-29(10-1)11-7-17-39(32)48-40-18-8-15-33(30-22-24-37-35-13-3-5-20-44(35)49-46(37)26-30)42(40)28-43-34(16-9-19-41(43)48)31-23-25-38-36-14-4-6-21-45(36)50-47(38)27-31;1-2-12-32-29(10-1)11-7-17-37(32)48-38-18-8-15-33(30-22-24-46-42(26-30)35-13-3-5-20-44(35)49-46)40(38)28-41-34(16-9-19-39(41)48)31-23-25-47-43(27-31)36-14-4-6-21-45(36)50-47/h3*1-28H. The number of rotatable bonds is 9. The summed E-state index contributed by atoms with van der Waals surface area (Å²) in [7, 11) is 0. The second kappa shape index (κ2) is 33.9. The highest BCUT2D eigenvalue weighted by molar-refractivity contribution is 6.28. The first-order chi connectivity index (χ1) is 74.4. The van der Waals surface area contributed by atoms with Crippen LogP contribution in [0.2, 0.25) is 0 Å². The van der Waals surface area contributed by atoms with E-state index in [1.807, 2.05) is 60.7 Å². The van der Waals surface area contributed by atoms with Crippen molar-refractivity contribution in [2.45, 2.75) is 0 Å². The molecule has 0 fully saturated rings. The molecule has 0 unspecified atom stereocenters. The van der Waals surface area contributed by atoms with E-state index in [1.165, 1.54) is 164 Å². The first-order valence-electron chi connectivity index (χ1n) is 51.3. The molecule has 6 aromatic heterocycles. The minimum Gasteiger partial charge on any atom is -0.456 e. The van der Waals surface area contributed by atoms with Crippen molar-refractivity contribution in [3.8, 4) is 100 Å². The van der Waals surface area contributed by atoms with Gasteiger partial charge in [-0.25, -0.2) is 0 Å². The van der Waals surface area contributed by atoms with Gasteiger partial charge in [0.15, 0.2) is 0 Å². The molecule has 0 bridgehead atoms.